The van der Waals surface area contributed by atoms with Crippen LogP contribution in [-0.4, -0.2) is 20.2 Å². The lowest BCUT2D eigenvalue weighted by Gasteiger charge is -2.10. The largest absolute Gasteiger partial charge is 0.322 e. The summed E-state index contributed by atoms with van der Waals surface area (Å²) in [4.78, 5) is 22.7. The molecule has 0 bridgehead atoms. The van der Waals surface area contributed by atoms with E-state index in [2.05, 4.69) is 33.5 Å². The van der Waals surface area contributed by atoms with Crippen molar-refractivity contribution in [2.45, 2.75) is 40.0 Å². The van der Waals surface area contributed by atoms with Gasteiger partial charge in [0.2, 0.25) is 0 Å². The second-order valence-electron chi connectivity index (χ2n) is 6.03. The van der Waals surface area contributed by atoms with E-state index in [0.717, 1.165) is 46.2 Å². The molecule has 6 heteroatoms. The number of carbonyl (C=O) groups is 1. The topological polar surface area (TPSA) is 67.8 Å². The first-order chi connectivity index (χ1) is 12.6. The predicted octanol–water partition coefficient (Wildman–Crippen LogP) is 4.21. The van der Waals surface area contributed by atoms with Gasteiger partial charge in [-0.05, 0) is 49.0 Å². The molecule has 0 atom stereocenters. The van der Waals surface area contributed by atoms with Crippen LogP contribution in [0.2, 0.25) is 0 Å². The third kappa shape index (κ3) is 3.96. The Morgan fingerprint density at radius 3 is 2.73 bits per heavy atom. The summed E-state index contributed by atoms with van der Waals surface area (Å²) in [6, 6.07) is 9.78. The molecule has 0 aliphatic heterocycles. The number of nitrogens with one attached hydrogen (secondary N) is 1. The Morgan fingerprint density at radius 1 is 1.15 bits per heavy atom. The molecule has 0 radical (unpaired) electrons. The van der Waals surface area contributed by atoms with Crippen molar-refractivity contribution in [1.82, 2.24) is 14.3 Å². The predicted molar refractivity (Wildman–Crippen MR) is 105 cm³/mol. The Morgan fingerprint density at radius 2 is 1.96 bits per heavy atom. The standard InChI is InChI=1S/C20H22N4OS/c1-4-14-8-6-7-9-16(14)23-20(25)19-13(3)24-26-17(19)12-18-21-11-10-15(5-2)22-18/h6-11H,4-5,12H2,1-3H3,(H,23,25). The summed E-state index contributed by atoms with van der Waals surface area (Å²) in [5, 5.41) is 3.04. The second kappa shape index (κ2) is 8.19. The molecule has 134 valence electrons. The van der Waals surface area contributed by atoms with Crippen LogP contribution in [0.25, 0.3) is 0 Å². The minimum atomic E-state index is -0.126. The van der Waals surface area contributed by atoms with Crippen molar-refractivity contribution in [3.05, 3.63) is 69.7 Å². The molecule has 3 rings (SSSR count). The van der Waals surface area contributed by atoms with Gasteiger partial charge < -0.3 is 5.32 Å². The number of rotatable bonds is 6. The minimum absolute atomic E-state index is 0.126. The minimum Gasteiger partial charge on any atom is -0.322 e. The maximum absolute atomic E-state index is 12.9. The Labute approximate surface area is 157 Å². The third-order valence-electron chi connectivity index (χ3n) is 4.25. The zero-order valence-electron chi connectivity index (χ0n) is 15.2. The quantitative estimate of drug-likeness (QED) is 0.709. The molecular formula is C20H22N4OS. The lowest BCUT2D eigenvalue weighted by molar-refractivity contribution is 0.102. The lowest BCUT2D eigenvalue weighted by atomic mass is 10.1. The highest BCUT2D eigenvalue weighted by Gasteiger charge is 2.20. The van der Waals surface area contributed by atoms with E-state index in [4.69, 9.17) is 0 Å². The Bertz CT molecular complexity index is 920. The van der Waals surface area contributed by atoms with E-state index in [9.17, 15) is 4.79 Å². The zero-order chi connectivity index (χ0) is 18.5. The fourth-order valence-electron chi connectivity index (χ4n) is 2.83. The second-order valence-corrected chi connectivity index (χ2v) is 6.88. The van der Waals surface area contributed by atoms with E-state index in [1.165, 1.54) is 11.5 Å². The van der Waals surface area contributed by atoms with Gasteiger partial charge in [0.15, 0.2) is 0 Å². The average Bonchev–Trinajstić information content (AvgIpc) is 3.02. The van der Waals surface area contributed by atoms with Crippen molar-refractivity contribution in [3.63, 3.8) is 0 Å². The van der Waals surface area contributed by atoms with Crippen LogP contribution < -0.4 is 5.32 Å². The van der Waals surface area contributed by atoms with Crippen LogP contribution in [0.15, 0.2) is 36.5 Å². The molecular weight excluding hydrogens is 344 g/mol. The molecule has 1 amide bonds. The van der Waals surface area contributed by atoms with E-state index in [-0.39, 0.29) is 5.91 Å². The number of hydrogen-bond acceptors (Lipinski definition) is 5. The van der Waals surface area contributed by atoms with Crippen molar-refractivity contribution in [2.75, 3.05) is 5.32 Å². The monoisotopic (exact) mass is 366 g/mol. The molecule has 5 nitrogen and oxygen atoms in total. The zero-order valence-corrected chi connectivity index (χ0v) is 16.1. The lowest BCUT2D eigenvalue weighted by Crippen LogP contribution is -2.15. The maximum Gasteiger partial charge on any atom is 0.258 e. The molecule has 1 aromatic carbocycles. The Kier molecular flexibility index (Phi) is 5.73. The van der Waals surface area contributed by atoms with E-state index >= 15 is 0 Å². The average molecular weight is 366 g/mol. The van der Waals surface area contributed by atoms with Crippen LogP contribution in [0.3, 0.4) is 0 Å². The first-order valence-corrected chi connectivity index (χ1v) is 9.54. The summed E-state index contributed by atoms with van der Waals surface area (Å²) in [5.74, 6) is 0.592. The highest BCUT2D eigenvalue weighted by molar-refractivity contribution is 7.06. The number of nitrogens with zero attached hydrogens (tertiary/aromatic N) is 3. The van der Waals surface area contributed by atoms with Gasteiger partial charge in [0.1, 0.15) is 5.82 Å². The van der Waals surface area contributed by atoms with Gasteiger partial charge in [0.25, 0.3) is 5.91 Å². The van der Waals surface area contributed by atoms with Gasteiger partial charge in [0.05, 0.1) is 11.3 Å². The highest BCUT2D eigenvalue weighted by atomic mass is 32.1. The van der Waals surface area contributed by atoms with Gasteiger partial charge in [-0.3, -0.25) is 4.79 Å². The smallest absolute Gasteiger partial charge is 0.258 e. The molecule has 0 aliphatic carbocycles. The van der Waals surface area contributed by atoms with Crippen molar-refractivity contribution in [2.24, 2.45) is 0 Å². The first-order valence-electron chi connectivity index (χ1n) is 8.77. The number of benzene rings is 1. The SMILES string of the molecule is CCc1ccnc(Cc2snc(C)c2C(=O)Nc2ccccc2CC)n1. The molecule has 0 unspecified atom stereocenters. The van der Waals surface area contributed by atoms with E-state index < -0.39 is 0 Å². The molecule has 2 aromatic heterocycles. The summed E-state index contributed by atoms with van der Waals surface area (Å²) in [6.07, 6.45) is 4.00. The molecule has 2 heterocycles. The maximum atomic E-state index is 12.9. The summed E-state index contributed by atoms with van der Waals surface area (Å²) < 4.78 is 4.39. The van der Waals surface area contributed by atoms with Crippen molar-refractivity contribution in [1.29, 1.82) is 0 Å². The summed E-state index contributed by atoms with van der Waals surface area (Å²) in [5.41, 5.74) is 4.33. The van der Waals surface area contributed by atoms with Crippen LogP contribution in [0.5, 0.6) is 0 Å². The van der Waals surface area contributed by atoms with Gasteiger partial charge in [0, 0.05) is 28.9 Å². The van der Waals surface area contributed by atoms with Crippen LogP contribution in [0.4, 0.5) is 5.69 Å². The molecule has 0 saturated heterocycles. The summed E-state index contributed by atoms with van der Waals surface area (Å²) >= 11 is 1.34. The van der Waals surface area contributed by atoms with E-state index in [1.807, 2.05) is 37.3 Å². The van der Waals surface area contributed by atoms with Crippen LogP contribution in [-0.2, 0) is 19.3 Å². The van der Waals surface area contributed by atoms with Crippen molar-refractivity contribution in [3.8, 4) is 0 Å². The number of aromatic nitrogens is 3. The molecule has 1 N–H and O–H groups in total. The van der Waals surface area contributed by atoms with E-state index in [1.54, 1.807) is 6.20 Å². The number of hydrogen-bond donors (Lipinski definition) is 1. The molecule has 0 saturated carbocycles. The molecule has 26 heavy (non-hydrogen) atoms. The van der Waals surface area contributed by atoms with Gasteiger partial charge in [-0.1, -0.05) is 32.0 Å². The van der Waals surface area contributed by atoms with Crippen LogP contribution >= 0.6 is 11.5 Å². The van der Waals surface area contributed by atoms with Crippen molar-refractivity contribution < 1.29 is 4.79 Å². The van der Waals surface area contributed by atoms with E-state index in [0.29, 0.717) is 12.0 Å². The molecule has 0 spiro atoms. The summed E-state index contributed by atoms with van der Waals surface area (Å²) in [6.45, 7) is 6.00. The van der Waals surface area contributed by atoms with Crippen molar-refractivity contribution >= 4 is 23.1 Å². The highest BCUT2D eigenvalue weighted by Crippen LogP contribution is 2.24. The normalized spacial score (nSPS) is 10.7. The van der Waals surface area contributed by atoms with Gasteiger partial charge in [-0.2, -0.15) is 4.37 Å². The first kappa shape index (κ1) is 18.2. The fourth-order valence-corrected chi connectivity index (χ4v) is 3.69. The van der Waals surface area contributed by atoms with Crippen LogP contribution in [0, 0.1) is 6.92 Å². The number of carbonyl (C=O) groups excluding carboxylic acids is 1. The number of anilines is 1. The van der Waals surface area contributed by atoms with Crippen LogP contribution in [0.1, 0.15) is 51.9 Å². The number of amides is 1. The Hall–Kier alpha value is -2.60. The third-order valence-corrected chi connectivity index (χ3v) is 5.18. The Balaban J connectivity index is 1.86. The van der Waals surface area contributed by atoms with Gasteiger partial charge in [-0.15, -0.1) is 0 Å². The number of para-hydroxylation sites is 1. The molecule has 0 aliphatic rings. The number of aryl methyl sites for hydroxylation is 3. The van der Waals surface area contributed by atoms with Gasteiger partial charge in [-0.25, -0.2) is 9.97 Å². The molecule has 3 aromatic rings. The fraction of sp³-hybridized carbons (Fsp3) is 0.300. The molecule has 0 fully saturated rings. The summed E-state index contributed by atoms with van der Waals surface area (Å²) in [7, 11) is 0. The van der Waals surface area contributed by atoms with Gasteiger partial charge >= 0.3 is 0 Å².